The van der Waals surface area contributed by atoms with E-state index in [1.807, 2.05) is 35.2 Å². The molecular weight excluding hydrogens is 459 g/mol. The van der Waals surface area contributed by atoms with Crippen molar-refractivity contribution in [2.45, 2.75) is 64.2 Å². The Balaban J connectivity index is 1.33. The zero-order chi connectivity index (χ0) is 26.2. The molecule has 0 radical (unpaired) electrons. The predicted molar refractivity (Wildman–Crippen MR) is 150 cm³/mol. The fourth-order valence-corrected chi connectivity index (χ4v) is 5.33. The van der Waals surface area contributed by atoms with E-state index in [9.17, 15) is 4.79 Å². The summed E-state index contributed by atoms with van der Waals surface area (Å²) in [5.41, 5.74) is 11.2. The van der Waals surface area contributed by atoms with Crippen LogP contribution in [0, 0.1) is 0 Å². The van der Waals surface area contributed by atoms with Gasteiger partial charge in [-0.3, -0.25) is 4.79 Å². The van der Waals surface area contributed by atoms with Gasteiger partial charge in [-0.05, 0) is 86.3 Å². The number of piperidine rings is 1. The molecule has 5 nitrogen and oxygen atoms in total. The second kappa shape index (κ2) is 10.1. The molecule has 2 heterocycles. The number of hydrogen-bond acceptors (Lipinski definition) is 4. The molecule has 1 amide bonds. The monoisotopic (exact) mass is 496 g/mol. The molecule has 6 heteroatoms. The summed E-state index contributed by atoms with van der Waals surface area (Å²) in [6.45, 7) is 10.3. The number of benzene rings is 3. The molecule has 3 aromatic rings. The molecule has 0 saturated carbocycles. The first kappa shape index (κ1) is 25.7. The Morgan fingerprint density at radius 1 is 0.919 bits per heavy atom. The van der Waals surface area contributed by atoms with Crippen LogP contribution >= 0.6 is 0 Å². The number of amides is 1. The lowest BCUT2D eigenvalue weighted by molar-refractivity contribution is 0.00578. The number of likely N-dealkylation sites (tertiary alicyclic amines) is 1. The largest absolute Gasteiger partial charge is 0.495 e. The zero-order valence-corrected chi connectivity index (χ0v) is 22.4. The van der Waals surface area contributed by atoms with Gasteiger partial charge >= 0.3 is 7.12 Å². The van der Waals surface area contributed by atoms with Crippen LogP contribution in [0.2, 0.25) is 0 Å². The summed E-state index contributed by atoms with van der Waals surface area (Å²) in [5.74, 6) is 0.554. The van der Waals surface area contributed by atoms with Crippen LogP contribution in [0.4, 0.5) is 0 Å². The van der Waals surface area contributed by atoms with Crippen LogP contribution in [0.3, 0.4) is 0 Å². The highest BCUT2D eigenvalue weighted by atomic mass is 16.7. The van der Waals surface area contributed by atoms with Crippen molar-refractivity contribution in [1.29, 1.82) is 0 Å². The van der Waals surface area contributed by atoms with Crippen LogP contribution in [0.15, 0.2) is 72.8 Å². The lowest BCUT2D eigenvalue weighted by Crippen LogP contribution is -2.41. The van der Waals surface area contributed by atoms with Gasteiger partial charge < -0.3 is 19.9 Å². The van der Waals surface area contributed by atoms with E-state index in [0.717, 1.165) is 48.1 Å². The van der Waals surface area contributed by atoms with Gasteiger partial charge in [0.15, 0.2) is 0 Å². The van der Waals surface area contributed by atoms with Crippen molar-refractivity contribution in [2.24, 2.45) is 5.73 Å². The lowest BCUT2D eigenvalue weighted by Gasteiger charge is -2.32. The first-order valence-corrected chi connectivity index (χ1v) is 13.3. The van der Waals surface area contributed by atoms with Gasteiger partial charge in [0.25, 0.3) is 5.91 Å². The quantitative estimate of drug-likeness (QED) is 0.498. The van der Waals surface area contributed by atoms with Gasteiger partial charge in [-0.2, -0.15) is 0 Å². The molecule has 0 spiro atoms. The number of nitrogens with two attached hydrogens (primary N) is 1. The smallest absolute Gasteiger partial charge is 0.399 e. The number of hydrogen-bond donors (Lipinski definition) is 1. The fraction of sp³-hybridized carbons (Fsp3) is 0.387. The standard InChI is InChI=1S/C31H37BN2O3/c1-30(2)31(3,4)37-32(36-30)28-14-6-5-13-27(28)25-11-8-12-26(20-25)29(35)34-17-15-23(16-18-34)24-10-7-9-22(19-24)21-33/h5-14,19-20,23H,15-18,21,33H2,1-4H3. The van der Waals surface area contributed by atoms with E-state index >= 15 is 0 Å². The van der Waals surface area contributed by atoms with Crippen molar-refractivity contribution >= 4 is 18.5 Å². The van der Waals surface area contributed by atoms with E-state index in [1.165, 1.54) is 5.56 Å². The highest BCUT2D eigenvalue weighted by Gasteiger charge is 2.52. The molecule has 0 aliphatic carbocycles. The molecule has 2 fully saturated rings. The van der Waals surface area contributed by atoms with Gasteiger partial charge in [-0.15, -0.1) is 0 Å². The van der Waals surface area contributed by atoms with E-state index < -0.39 is 18.3 Å². The molecule has 37 heavy (non-hydrogen) atoms. The first-order chi connectivity index (χ1) is 17.7. The van der Waals surface area contributed by atoms with Crippen LogP contribution in [0.5, 0.6) is 0 Å². The van der Waals surface area contributed by atoms with Crippen molar-refractivity contribution in [2.75, 3.05) is 13.1 Å². The summed E-state index contributed by atoms with van der Waals surface area (Å²) in [5, 5.41) is 0. The van der Waals surface area contributed by atoms with Crippen molar-refractivity contribution in [1.82, 2.24) is 4.90 Å². The second-order valence-electron chi connectivity index (χ2n) is 11.3. The van der Waals surface area contributed by atoms with Gasteiger partial charge in [0.2, 0.25) is 0 Å². The Hall–Kier alpha value is -2.93. The van der Waals surface area contributed by atoms with Crippen LogP contribution < -0.4 is 11.2 Å². The third kappa shape index (κ3) is 5.11. The van der Waals surface area contributed by atoms with E-state index in [-0.39, 0.29) is 5.91 Å². The highest BCUT2D eigenvalue weighted by molar-refractivity contribution is 6.63. The van der Waals surface area contributed by atoms with Crippen LogP contribution in [-0.2, 0) is 15.9 Å². The van der Waals surface area contributed by atoms with E-state index in [1.54, 1.807) is 0 Å². The number of carbonyl (C=O) groups excluding carboxylic acids is 1. The predicted octanol–water partition coefficient (Wildman–Crippen LogP) is 5.13. The molecule has 2 aliphatic rings. The molecule has 0 aromatic heterocycles. The minimum absolute atomic E-state index is 0.0872. The Kier molecular flexibility index (Phi) is 7.01. The molecule has 0 unspecified atom stereocenters. The molecular formula is C31H37BN2O3. The average molecular weight is 496 g/mol. The molecule has 2 aliphatic heterocycles. The minimum Gasteiger partial charge on any atom is -0.399 e. The SMILES string of the molecule is CC1(C)OB(c2ccccc2-c2cccc(C(=O)N3CCC(c4cccc(CN)c4)CC3)c2)OC1(C)C. The average Bonchev–Trinajstić information content (AvgIpc) is 3.14. The fourth-order valence-electron chi connectivity index (χ4n) is 5.33. The summed E-state index contributed by atoms with van der Waals surface area (Å²) in [6.07, 6.45) is 1.93. The number of nitrogens with zero attached hydrogens (tertiary/aromatic N) is 1. The van der Waals surface area contributed by atoms with E-state index in [4.69, 9.17) is 15.0 Å². The molecule has 5 rings (SSSR count). The summed E-state index contributed by atoms with van der Waals surface area (Å²) in [4.78, 5) is 15.5. The van der Waals surface area contributed by atoms with Gasteiger partial charge in [0, 0.05) is 25.2 Å². The number of carbonyl (C=O) groups is 1. The first-order valence-electron chi connectivity index (χ1n) is 13.3. The normalized spacial score (nSPS) is 19.3. The summed E-state index contributed by atoms with van der Waals surface area (Å²) in [7, 11) is -0.461. The van der Waals surface area contributed by atoms with Gasteiger partial charge in [-0.25, -0.2) is 0 Å². The van der Waals surface area contributed by atoms with E-state index in [0.29, 0.717) is 18.0 Å². The maximum atomic E-state index is 13.5. The zero-order valence-electron chi connectivity index (χ0n) is 22.4. The third-order valence-corrected chi connectivity index (χ3v) is 8.33. The maximum absolute atomic E-state index is 13.5. The molecule has 192 valence electrons. The van der Waals surface area contributed by atoms with Gasteiger partial charge in [-0.1, -0.05) is 60.7 Å². The summed E-state index contributed by atoms with van der Waals surface area (Å²) >= 11 is 0. The Bertz CT molecular complexity index is 1260. The van der Waals surface area contributed by atoms with Crippen molar-refractivity contribution in [3.05, 3.63) is 89.5 Å². The van der Waals surface area contributed by atoms with Gasteiger partial charge in [0.05, 0.1) is 11.2 Å². The van der Waals surface area contributed by atoms with Crippen molar-refractivity contribution in [3.8, 4) is 11.1 Å². The molecule has 2 saturated heterocycles. The molecule has 2 N–H and O–H groups in total. The topological polar surface area (TPSA) is 64.8 Å². The number of rotatable bonds is 5. The van der Waals surface area contributed by atoms with Crippen LogP contribution in [-0.4, -0.2) is 42.2 Å². The molecule has 0 bridgehead atoms. The summed E-state index contributed by atoms with van der Waals surface area (Å²) in [6, 6.07) is 24.6. The highest BCUT2D eigenvalue weighted by Crippen LogP contribution is 2.37. The van der Waals surface area contributed by atoms with Crippen molar-refractivity contribution in [3.63, 3.8) is 0 Å². The Morgan fingerprint density at radius 3 is 2.30 bits per heavy atom. The minimum atomic E-state index is -0.461. The third-order valence-electron chi connectivity index (χ3n) is 8.33. The maximum Gasteiger partial charge on any atom is 0.495 e. The van der Waals surface area contributed by atoms with Gasteiger partial charge in [0.1, 0.15) is 0 Å². The molecule has 0 atom stereocenters. The van der Waals surface area contributed by atoms with E-state index in [2.05, 4.69) is 70.2 Å². The van der Waals surface area contributed by atoms with Crippen molar-refractivity contribution < 1.29 is 14.1 Å². The summed E-state index contributed by atoms with van der Waals surface area (Å²) < 4.78 is 12.7. The molecule has 3 aromatic carbocycles. The van der Waals surface area contributed by atoms with Crippen LogP contribution in [0.1, 0.15) is 67.9 Å². The Labute approximate surface area is 221 Å². The lowest BCUT2D eigenvalue weighted by atomic mass is 9.74. The Morgan fingerprint density at radius 2 is 1.59 bits per heavy atom. The van der Waals surface area contributed by atoms with Crippen LogP contribution in [0.25, 0.3) is 11.1 Å². The second-order valence-corrected chi connectivity index (χ2v) is 11.3.